The van der Waals surface area contributed by atoms with E-state index >= 15 is 0 Å². The molecule has 1 aromatic carbocycles. The fraction of sp³-hybridized carbons (Fsp3) is 0.591. The van der Waals surface area contributed by atoms with Crippen molar-refractivity contribution in [3.8, 4) is 0 Å². The zero-order valence-corrected chi connectivity index (χ0v) is 17.1. The summed E-state index contributed by atoms with van der Waals surface area (Å²) in [7, 11) is 0. The summed E-state index contributed by atoms with van der Waals surface area (Å²) >= 11 is 0. The first-order valence-corrected chi connectivity index (χ1v) is 10.8. The van der Waals surface area contributed by atoms with Crippen molar-refractivity contribution in [2.45, 2.75) is 51.0 Å². The number of nitrogens with one attached hydrogen (secondary N) is 2. The van der Waals surface area contributed by atoms with Gasteiger partial charge in [-0.3, -0.25) is 9.59 Å². The van der Waals surface area contributed by atoms with Crippen molar-refractivity contribution in [1.29, 1.82) is 0 Å². The zero-order chi connectivity index (χ0) is 20.5. The molecule has 3 rings (SSSR count). The van der Waals surface area contributed by atoms with Crippen LogP contribution in [0.25, 0.3) is 0 Å². The Hall–Kier alpha value is -2.57. The van der Waals surface area contributed by atoms with E-state index < -0.39 is 0 Å². The van der Waals surface area contributed by atoms with Crippen LogP contribution in [0.3, 0.4) is 0 Å². The Bertz CT molecular complexity index is 687. The number of hydrogen-bond acceptors (Lipinski definition) is 3. The molecule has 0 aromatic heterocycles. The van der Waals surface area contributed by atoms with Crippen LogP contribution in [0.1, 0.15) is 55.3 Å². The van der Waals surface area contributed by atoms with Crippen molar-refractivity contribution >= 4 is 17.8 Å². The van der Waals surface area contributed by atoms with Crippen LogP contribution >= 0.6 is 0 Å². The van der Waals surface area contributed by atoms with Gasteiger partial charge in [0.2, 0.25) is 5.91 Å². The van der Waals surface area contributed by atoms with Crippen molar-refractivity contribution in [3.05, 3.63) is 35.9 Å². The first kappa shape index (κ1) is 21.1. The number of piperidine rings is 1. The number of nitrogens with zero attached hydrogens (tertiary/aromatic N) is 2. The molecule has 29 heavy (non-hydrogen) atoms. The third-order valence-corrected chi connectivity index (χ3v) is 5.71. The normalized spacial score (nSPS) is 18.3. The Morgan fingerprint density at radius 3 is 2.52 bits per heavy atom. The quantitative estimate of drug-likeness (QED) is 0.720. The second-order valence-corrected chi connectivity index (χ2v) is 7.88. The Morgan fingerprint density at radius 1 is 1.00 bits per heavy atom. The molecule has 0 spiro atoms. The predicted octanol–water partition coefficient (Wildman–Crippen LogP) is 2.38. The van der Waals surface area contributed by atoms with Gasteiger partial charge in [0.1, 0.15) is 0 Å². The molecule has 2 heterocycles. The van der Waals surface area contributed by atoms with Gasteiger partial charge < -0.3 is 20.4 Å². The fourth-order valence-corrected chi connectivity index (χ4v) is 3.94. The lowest BCUT2D eigenvalue weighted by atomic mass is 10.0. The SMILES string of the molecule is O=C(NC1CCN(C(=O)NCCCN2CCCCCC2=O)CC1)c1ccccc1. The summed E-state index contributed by atoms with van der Waals surface area (Å²) < 4.78 is 0. The molecule has 2 saturated heterocycles. The molecule has 1 aromatic rings. The number of hydrogen-bond donors (Lipinski definition) is 2. The Kier molecular flexibility index (Phi) is 7.90. The van der Waals surface area contributed by atoms with Crippen molar-refractivity contribution in [2.24, 2.45) is 0 Å². The van der Waals surface area contributed by atoms with Gasteiger partial charge in [-0.25, -0.2) is 4.79 Å². The smallest absolute Gasteiger partial charge is 0.317 e. The molecule has 2 aliphatic heterocycles. The van der Waals surface area contributed by atoms with Gasteiger partial charge in [-0.05, 0) is 44.2 Å². The molecule has 2 aliphatic rings. The molecule has 0 saturated carbocycles. The minimum Gasteiger partial charge on any atom is -0.349 e. The molecule has 0 radical (unpaired) electrons. The Morgan fingerprint density at radius 2 is 1.76 bits per heavy atom. The Balaban J connectivity index is 1.31. The van der Waals surface area contributed by atoms with Crippen LogP contribution in [-0.2, 0) is 4.79 Å². The summed E-state index contributed by atoms with van der Waals surface area (Å²) in [5.74, 6) is 0.185. The minimum atomic E-state index is -0.0587. The average Bonchev–Trinajstić information content (AvgIpc) is 2.96. The van der Waals surface area contributed by atoms with E-state index in [2.05, 4.69) is 10.6 Å². The maximum Gasteiger partial charge on any atom is 0.317 e. The predicted molar refractivity (Wildman–Crippen MR) is 112 cm³/mol. The van der Waals surface area contributed by atoms with Crippen molar-refractivity contribution < 1.29 is 14.4 Å². The lowest BCUT2D eigenvalue weighted by molar-refractivity contribution is -0.130. The summed E-state index contributed by atoms with van der Waals surface area (Å²) in [4.78, 5) is 40.3. The number of urea groups is 1. The highest BCUT2D eigenvalue weighted by Crippen LogP contribution is 2.13. The number of amides is 4. The first-order chi connectivity index (χ1) is 14.1. The average molecular weight is 401 g/mol. The van der Waals surface area contributed by atoms with E-state index in [9.17, 15) is 14.4 Å². The standard InChI is InChI=1S/C22H32N4O3/c27-20-10-5-2-6-14-25(20)15-7-13-23-22(29)26-16-11-19(12-17-26)24-21(28)18-8-3-1-4-9-18/h1,3-4,8-9,19H,2,5-7,10-17H2,(H,23,29)(H,24,28). The fourth-order valence-electron chi connectivity index (χ4n) is 3.94. The van der Waals surface area contributed by atoms with E-state index in [1.807, 2.05) is 28.0 Å². The van der Waals surface area contributed by atoms with E-state index in [4.69, 9.17) is 0 Å². The molecule has 158 valence electrons. The van der Waals surface area contributed by atoms with Crippen LogP contribution in [0.15, 0.2) is 30.3 Å². The minimum absolute atomic E-state index is 0.0555. The largest absolute Gasteiger partial charge is 0.349 e. The summed E-state index contributed by atoms with van der Waals surface area (Å²) in [6.07, 6.45) is 6.15. The van der Waals surface area contributed by atoms with Gasteiger partial charge in [-0.2, -0.15) is 0 Å². The summed E-state index contributed by atoms with van der Waals surface area (Å²) in [6.45, 7) is 3.40. The molecular formula is C22H32N4O3. The molecule has 7 heteroatoms. The molecule has 0 bridgehead atoms. The number of carbonyl (C=O) groups excluding carboxylic acids is 3. The monoisotopic (exact) mass is 400 g/mol. The Labute approximate surface area is 172 Å². The second kappa shape index (κ2) is 10.8. The van der Waals surface area contributed by atoms with Crippen molar-refractivity contribution in [2.75, 3.05) is 32.7 Å². The third kappa shape index (κ3) is 6.48. The maximum absolute atomic E-state index is 12.4. The molecular weight excluding hydrogens is 368 g/mol. The highest BCUT2D eigenvalue weighted by Gasteiger charge is 2.24. The van der Waals surface area contributed by atoms with E-state index in [1.54, 1.807) is 12.1 Å². The molecule has 0 atom stereocenters. The highest BCUT2D eigenvalue weighted by atomic mass is 16.2. The summed E-state index contributed by atoms with van der Waals surface area (Å²) in [6, 6.07) is 9.24. The van der Waals surface area contributed by atoms with Crippen LogP contribution in [0.4, 0.5) is 4.79 Å². The zero-order valence-electron chi connectivity index (χ0n) is 17.1. The van der Waals surface area contributed by atoms with Crippen LogP contribution in [0, 0.1) is 0 Å². The summed E-state index contributed by atoms with van der Waals surface area (Å²) in [5.41, 5.74) is 0.663. The first-order valence-electron chi connectivity index (χ1n) is 10.8. The summed E-state index contributed by atoms with van der Waals surface area (Å²) in [5, 5.41) is 6.02. The van der Waals surface area contributed by atoms with Gasteiger partial charge in [0.15, 0.2) is 0 Å². The van der Waals surface area contributed by atoms with Gasteiger partial charge in [-0.1, -0.05) is 24.6 Å². The van der Waals surface area contributed by atoms with Gasteiger partial charge in [0.05, 0.1) is 0 Å². The van der Waals surface area contributed by atoms with Crippen LogP contribution in [0.5, 0.6) is 0 Å². The topological polar surface area (TPSA) is 81.8 Å². The lowest BCUT2D eigenvalue weighted by Crippen LogP contribution is -2.49. The highest BCUT2D eigenvalue weighted by molar-refractivity contribution is 5.94. The van der Waals surface area contributed by atoms with Crippen molar-refractivity contribution in [3.63, 3.8) is 0 Å². The molecule has 2 fully saturated rings. The number of likely N-dealkylation sites (tertiary alicyclic amines) is 2. The van der Waals surface area contributed by atoms with Crippen molar-refractivity contribution in [1.82, 2.24) is 20.4 Å². The van der Waals surface area contributed by atoms with E-state index in [1.165, 1.54) is 0 Å². The van der Waals surface area contributed by atoms with Crippen LogP contribution in [-0.4, -0.2) is 66.4 Å². The number of benzene rings is 1. The lowest BCUT2D eigenvalue weighted by Gasteiger charge is -2.32. The van der Waals surface area contributed by atoms with Gasteiger partial charge in [-0.15, -0.1) is 0 Å². The van der Waals surface area contributed by atoms with Gasteiger partial charge >= 0.3 is 6.03 Å². The van der Waals surface area contributed by atoms with Crippen LogP contribution < -0.4 is 10.6 Å². The van der Waals surface area contributed by atoms with Crippen LogP contribution in [0.2, 0.25) is 0 Å². The number of carbonyl (C=O) groups is 3. The van der Waals surface area contributed by atoms with E-state index in [0.29, 0.717) is 38.2 Å². The van der Waals surface area contributed by atoms with E-state index in [0.717, 1.165) is 45.1 Å². The molecule has 0 unspecified atom stereocenters. The maximum atomic E-state index is 12.4. The molecule has 2 N–H and O–H groups in total. The molecule has 7 nitrogen and oxygen atoms in total. The van der Waals surface area contributed by atoms with Gasteiger partial charge in [0, 0.05) is 50.7 Å². The van der Waals surface area contributed by atoms with E-state index in [-0.39, 0.29) is 23.9 Å². The van der Waals surface area contributed by atoms with Gasteiger partial charge in [0.25, 0.3) is 5.91 Å². The molecule has 0 aliphatic carbocycles. The number of rotatable bonds is 6. The third-order valence-electron chi connectivity index (χ3n) is 5.71. The molecule has 4 amide bonds. The second-order valence-electron chi connectivity index (χ2n) is 7.88.